The van der Waals surface area contributed by atoms with Gasteiger partial charge in [0, 0.05) is 17.8 Å². The first-order valence-corrected chi connectivity index (χ1v) is 10.0. The van der Waals surface area contributed by atoms with Crippen molar-refractivity contribution >= 4 is 16.3 Å². The molecule has 28 heavy (non-hydrogen) atoms. The zero-order chi connectivity index (χ0) is 19.9. The minimum Gasteiger partial charge on any atom is -0.504 e. The monoisotopic (exact) mass is 401 g/mol. The molecule has 0 atom stereocenters. The Morgan fingerprint density at radius 3 is 2.54 bits per heavy atom. The summed E-state index contributed by atoms with van der Waals surface area (Å²) >= 11 is 0. The molecule has 1 fully saturated rings. The van der Waals surface area contributed by atoms with Gasteiger partial charge in [-0.3, -0.25) is 4.79 Å². The molecule has 2 N–H and O–H groups in total. The van der Waals surface area contributed by atoms with Gasteiger partial charge >= 0.3 is 0 Å². The number of rotatable bonds is 6. The summed E-state index contributed by atoms with van der Waals surface area (Å²) in [5.74, 6) is -1.59. The van der Waals surface area contributed by atoms with Crippen LogP contribution in [0.5, 0.6) is 5.75 Å². The number of aldehydes is 1. The average Bonchev–Trinajstić information content (AvgIpc) is 3.34. The zero-order valence-corrected chi connectivity index (χ0v) is 15.4. The highest BCUT2D eigenvalue weighted by molar-refractivity contribution is 7.89. The Hall–Kier alpha value is -3.04. The van der Waals surface area contributed by atoms with Crippen molar-refractivity contribution in [3.63, 3.8) is 0 Å². The summed E-state index contributed by atoms with van der Waals surface area (Å²) in [5, 5.41) is 13.7. The van der Waals surface area contributed by atoms with Gasteiger partial charge in [-0.2, -0.15) is 5.10 Å². The van der Waals surface area contributed by atoms with E-state index in [1.807, 2.05) is 0 Å². The first-order chi connectivity index (χ1) is 13.4. The number of halogens is 1. The molecule has 1 aliphatic rings. The third kappa shape index (κ3) is 3.54. The zero-order valence-electron chi connectivity index (χ0n) is 14.5. The lowest BCUT2D eigenvalue weighted by Crippen LogP contribution is -2.25. The molecule has 2 aromatic carbocycles. The van der Waals surface area contributed by atoms with E-state index in [2.05, 4.69) is 9.82 Å². The third-order valence-electron chi connectivity index (χ3n) is 4.45. The number of nitrogens with zero attached hydrogens (tertiary/aromatic N) is 2. The van der Waals surface area contributed by atoms with Gasteiger partial charge in [-0.05, 0) is 54.8 Å². The van der Waals surface area contributed by atoms with E-state index in [4.69, 9.17) is 0 Å². The molecule has 1 aromatic heterocycles. The number of phenols is 1. The highest BCUT2D eigenvalue weighted by Gasteiger charge is 2.27. The maximum absolute atomic E-state index is 13.8. The minimum absolute atomic E-state index is 0.0281. The van der Waals surface area contributed by atoms with Crippen LogP contribution in [0.2, 0.25) is 0 Å². The molecule has 0 spiro atoms. The van der Waals surface area contributed by atoms with Gasteiger partial charge in [0.2, 0.25) is 10.0 Å². The van der Waals surface area contributed by atoms with E-state index in [1.54, 1.807) is 18.3 Å². The van der Waals surface area contributed by atoms with Crippen LogP contribution in [-0.4, -0.2) is 35.6 Å². The second-order valence-electron chi connectivity index (χ2n) is 6.58. The van der Waals surface area contributed by atoms with E-state index in [-0.39, 0.29) is 16.5 Å². The molecule has 0 amide bonds. The molecule has 0 aliphatic heterocycles. The van der Waals surface area contributed by atoms with Crippen molar-refractivity contribution in [3.05, 3.63) is 60.2 Å². The number of carbonyl (C=O) groups excluding carboxylic acids is 1. The average molecular weight is 401 g/mol. The summed E-state index contributed by atoms with van der Waals surface area (Å²) in [5.41, 5.74) is 1.39. The second kappa shape index (κ2) is 6.84. The summed E-state index contributed by atoms with van der Waals surface area (Å²) in [6.45, 7) is 0. The van der Waals surface area contributed by atoms with Crippen molar-refractivity contribution in [3.8, 4) is 22.6 Å². The molecule has 0 unspecified atom stereocenters. The van der Waals surface area contributed by atoms with Gasteiger partial charge in [-0.25, -0.2) is 22.2 Å². The highest BCUT2D eigenvalue weighted by Crippen LogP contribution is 2.28. The van der Waals surface area contributed by atoms with Crippen molar-refractivity contribution in [2.45, 2.75) is 23.8 Å². The van der Waals surface area contributed by atoms with Gasteiger partial charge in [0.05, 0.1) is 22.3 Å². The van der Waals surface area contributed by atoms with Crippen LogP contribution in [0.4, 0.5) is 4.39 Å². The summed E-state index contributed by atoms with van der Waals surface area (Å²) in [4.78, 5) is 11.1. The number of sulfonamides is 1. The Morgan fingerprint density at radius 1 is 1.18 bits per heavy atom. The lowest BCUT2D eigenvalue weighted by molar-refractivity contribution is 0.112. The van der Waals surface area contributed by atoms with Crippen molar-refractivity contribution < 1.29 is 22.7 Å². The van der Waals surface area contributed by atoms with Crippen molar-refractivity contribution in [2.75, 3.05) is 0 Å². The standard InChI is InChI=1S/C19H16FN3O4S/c20-18-8-12(7-13(11-24)19(18)25)14-9-21-23(10-14)16-3-5-17(6-4-16)28(26,27)22-15-1-2-15/h3-11,15,22,25H,1-2H2. The largest absolute Gasteiger partial charge is 0.504 e. The molecule has 1 heterocycles. The van der Waals surface area contributed by atoms with Crippen LogP contribution in [0, 0.1) is 5.82 Å². The fourth-order valence-corrected chi connectivity index (χ4v) is 4.06. The first-order valence-electron chi connectivity index (χ1n) is 8.53. The molecular formula is C19H16FN3O4S. The van der Waals surface area contributed by atoms with Crippen molar-refractivity contribution in [1.29, 1.82) is 0 Å². The Labute approximate surface area is 160 Å². The summed E-state index contributed by atoms with van der Waals surface area (Å²) in [7, 11) is -3.53. The molecule has 144 valence electrons. The summed E-state index contributed by atoms with van der Waals surface area (Å²) < 4.78 is 42.4. The number of hydrogen-bond donors (Lipinski definition) is 2. The van der Waals surface area contributed by atoms with Crippen LogP contribution >= 0.6 is 0 Å². The molecule has 1 aliphatic carbocycles. The first kappa shape index (κ1) is 18.3. The van der Waals surface area contributed by atoms with Crippen LogP contribution in [0.25, 0.3) is 16.8 Å². The van der Waals surface area contributed by atoms with E-state index in [0.29, 0.717) is 23.1 Å². The van der Waals surface area contributed by atoms with E-state index in [1.165, 1.54) is 29.1 Å². The lowest BCUT2D eigenvalue weighted by atomic mass is 10.1. The van der Waals surface area contributed by atoms with Gasteiger partial charge < -0.3 is 5.11 Å². The molecule has 1 saturated carbocycles. The fraction of sp³-hybridized carbons (Fsp3) is 0.158. The van der Waals surface area contributed by atoms with Gasteiger partial charge in [0.25, 0.3) is 0 Å². The third-order valence-corrected chi connectivity index (χ3v) is 5.98. The normalized spacial score (nSPS) is 14.2. The van der Waals surface area contributed by atoms with E-state index in [9.17, 15) is 22.7 Å². The number of nitrogens with one attached hydrogen (secondary N) is 1. The summed E-state index contributed by atoms with van der Waals surface area (Å²) in [6, 6.07) is 8.73. The van der Waals surface area contributed by atoms with Crippen LogP contribution < -0.4 is 4.72 Å². The lowest BCUT2D eigenvalue weighted by Gasteiger charge is -2.07. The topological polar surface area (TPSA) is 101 Å². The maximum Gasteiger partial charge on any atom is 0.240 e. The Morgan fingerprint density at radius 2 is 1.89 bits per heavy atom. The number of aromatic nitrogens is 2. The second-order valence-corrected chi connectivity index (χ2v) is 8.29. The van der Waals surface area contributed by atoms with Gasteiger partial charge in [0.15, 0.2) is 17.9 Å². The number of carbonyl (C=O) groups is 1. The van der Waals surface area contributed by atoms with Crippen molar-refractivity contribution in [1.82, 2.24) is 14.5 Å². The molecule has 0 saturated heterocycles. The summed E-state index contributed by atoms with van der Waals surface area (Å²) in [6.07, 6.45) is 5.20. The SMILES string of the molecule is O=Cc1cc(-c2cnn(-c3ccc(S(=O)(=O)NC4CC4)cc3)c2)cc(F)c1O. The maximum atomic E-state index is 13.8. The minimum atomic E-state index is -3.53. The number of phenolic OH excluding ortho intramolecular Hbond substituents is 1. The predicted octanol–water partition coefficient (Wildman–Crippen LogP) is 2.64. The Kier molecular flexibility index (Phi) is 4.48. The highest BCUT2D eigenvalue weighted by atomic mass is 32.2. The van der Waals surface area contributed by atoms with E-state index in [0.717, 1.165) is 18.9 Å². The van der Waals surface area contributed by atoms with Gasteiger partial charge in [-0.1, -0.05) is 0 Å². The molecular weight excluding hydrogens is 385 g/mol. The molecule has 9 heteroatoms. The van der Waals surface area contributed by atoms with Gasteiger partial charge in [0.1, 0.15) is 0 Å². The predicted molar refractivity (Wildman–Crippen MR) is 99.4 cm³/mol. The Balaban J connectivity index is 1.61. The smallest absolute Gasteiger partial charge is 0.240 e. The van der Waals surface area contributed by atoms with Gasteiger partial charge in [-0.15, -0.1) is 0 Å². The fourth-order valence-electron chi connectivity index (χ4n) is 2.76. The van der Waals surface area contributed by atoms with Crippen LogP contribution in [0.1, 0.15) is 23.2 Å². The number of aromatic hydroxyl groups is 1. The van der Waals surface area contributed by atoms with Crippen LogP contribution in [-0.2, 0) is 10.0 Å². The Bertz CT molecular complexity index is 1150. The number of benzene rings is 2. The molecule has 0 bridgehead atoms. The molecule has 4 rings (SSSR count). The van der Waals surface area contributed by atoms with E-state index < -0.39 is 21.6 Å². The number of hydrogen-bond acceptors (Lipinski definition) is 5. The van der Waals surface area contributed by atoms with E-state index >= 15 is 0 Å². The molecule has 0 radical (unpaired) electrons. The van der Waals surface area contributed by atoms with Crippen LogP contribution in [0.15, 0.2) is 53.7 Å². The quantitative estimate of drug-likeness (QED) is 0.619. The van der Waals surface area contributed by atoms with Crippen LogP contribution in [0.3, 0.4) is 0 Å². The van der Waals surface area contributed by atoms with Crippen molar-refractivity contribution in [2.24, 2.45) is 0 Å². The molecule has 7 nitrogen and oxygen atoms in total. The molecule has 3 aromatic rings.